The molecule has 0 saturated carbocycles. The largest absolute Gasteiger partial charge is 0.494 e. The molecule has 0 aliphatic heterocycles. The van der Waals surface area contributed by atoms with Crippen LogP contribution in [0.2, 0.25) is 0 Å². The van der Waals surface area contributed by atoms with E-state index in [9.17, 15) is 9.59 Å². The molecule has 0 bridgehead atoms. The number of thiophene rings is 1. The zero-order chi connectivity index (χ0) is 20.8. The Hall–Kier alpha value is -2.34. The first-order valence-corrected chi connectivity index (χ1v) is 11.3. The Morgan fingerprint density at radius 2 is 2.07 bits per heavy atom. The van der Waals surface area contributed by atoms with Crippen LogP contribution in [-0.2, 0) is 12.8 Å². The van der Waals surface area contributed by atoms with Gasteiger partial charge in [0.25, 0.3) is 11.8 Å². The summed E-state index contributed by atoms with van der Waals surface area (Å²) in [6, 6.07) is 7.22. The van der Waals surface area contributed by atoms with Crippen molar-refractivity contribution in [3.63, 3.8) is 0 Å². The Bertz CT molecular complexity index is 875. The van der Waals surface area contributed by atoms with Gasteiger partial charge in [-0.3, -0.25) is 9.59 Å². The van der Waals surface area contributed by atoms with E-state index < -0.39 is 0 Å². The zero-order valence-electron chi connectivity index (χ0n) is 17.5. The molecule has 6 heteroatoms. The Kier molecular flexibility index (Phi) is 7.31. The van der Waals surface area contributed by atoms with Crippen molar-refractivity contribution < 1.29 is 14.3 Å². The third kappa shape index (κ3) is 5.18. The van der Waals surface area contributed by atoms with Crippen molar-refractivity contribution in [1.82, 2.24) is 5.32 Å². The Morgan fingerprint density at radius 3 is 2.83 bits per heavy atom. The topological polar surface area (TPSA) is 67.4 Å². The second-order valence-corrected chi connectivity index (χ2v) is 8.78. The molecule has 1 aliphatic carbocycles. The molecular weight excluding hydrogens is 384 g/mol. The number of ether oxygens (including phenoxy) is 1. The summed E-state index contributed by atoms with van der Waals surface area (Å²) >= 11 is 1.53. The molecule has 29 heavy (non-hydrogen) atoms. The van der Waals surface area contributed by atoms with Crippen molar-refractivity contribution in [1.29, 1.82) is 0 Å². The average molecular weight is 415 g/mol. The fourth-order valence-corrected chi connectivity index (χ4v) is 5.05. The molecule has 0 saturated heterocycles. The first-order chi connectivity index (χ1) is 14.0. The van der Waals surface area contributed by atoms with E-state index in [0.29, 0.717) is 34.4 Å². The summed E-state index contributed by atoms with van der Waals surface area (Å²) in [7, 11) is 1.63. The molecule has 2 amide bonds. The number of benzene rings is 1. The van der Waals surface area contributed by atoms with Crippen molar-refractivity contribution >= 4 is 28.2 Å². The van der Waals surface area contributed by atoms with Crippen molar-refractivity contribution in [2.24, 2.45) is 5.92 Å². The van der Waals surface area contributed by atoms with E-state index in [4.69, 9.17) is 4.74 Å². The van der Waals surface area contributed by atoms with E-state index in [1.807, 2.05) is 12.1 Å². The van der Waals surface area contributed by atoms with Gasteiger partial charge in [0.05, 0.1) is 12.2 Å². The Morgan fingerprint density at radius 1 is 1.24 bits per heavy atom. The van der Waals surface area contributed by atoms with Gasteiger partial charge in [-0.25, -0.2) is 0 Å². The monoisotopic (exact) mass is 414 g/mol. The number of nitrogens with one attached hydrogen (secondary N) is 2. The molecule has 1 atom stereocenters. The number of carbonyl (C=O) groups excluding carboxylic acids is 2. The summed E-state index contributed by atoms with van der Waals surface area (Å²) in [5.74, 6) is 0.935. The van der Waals surface area contributed by atoms with E-state index in [1.54, 1.807) is 19.2 Å². The van der Waals surface area contributed by atoms with Crippen LogP contribution in [0, 0.1) is 5.92 Å². The van der Waals surface area contributed by atoms with Gasteiger partial charge in [0.2, 0.25) is 0 Å². The highest BCUT2D eigenvalue weighted by Crippen LogP contribution is 2.39. The molecule has 3 rings (SSSR count). The van der Waals surface area contributed by atoms with Gasteiger partial charge in [-0.05, 0) is 55.4 Å². The maximum Gasteiger partial charge on any atom is 0.256 e. The smallest absolute Gasteiger partial charge is 0.256 e. The lowest BCUT2D eigenvalue weighted by Gasteiger charge is -2.18. The number of anilines is 1. The van der Waals surface area contributed by atoms with Crippen molar-refractivity contribution in [3.8, 4) is 5.75 Å². The lowest BCUT2D eigenvalue weighted by molar-refractivity contribution is 0.0963. The van der Waals surface area contributed by atoms with Gasteiger partial charge in [-0.1, -0.05) is 32.8 Å². The molecule has 2 aromatic rings. The lowest BCUT2D eigenvalue weighted by atomic mass is 9.88. The van der Waals surface area contributed by atoms with Crippen molar-refractivity contribution in [2.45, 2.75) is 52.4 Å². The van der Waals surface area contributed by atoms with Crippen LogP contribution in [0.1, 0.15) is 70.7 Å². The summed E-state index contributed by atoms with van der Waals surface area (Å²) in [5.41, 5.74) is 2.25. The summed E-state index contributed by atoms with van der Waals surface area (Å²) in [4.78, 5) is 26.6. The van der Waals surface area contributed by atoms with Gasteiger partial charge in [-0.2, -0.15) is 0 Å². The van der Waals surface area contributed by atoms with E-state index in [0.717, 1.165) is 44.1 Å². The van der Waals surface area contributed by atoms with Crippen LogP contribution in [0.5, 0.6) is 5.75 Å². The van der Waals surface area contributed by atoms with Crippen molar-refractivity contribution in [2.75, 3.05) is 19.0 Å². The molecule has 1 aliphatic rings. The molecule has 5 nitrogen and oxygen atoms in total. The molecule has 156 valence electrons. The number of hydrogen-bond donors (Lipinski definition) is 2. The minimum atomic E-state index is -0.221. The average Bonchev–Trinajstić information content (AvgIpc) is 3.07. The van der Waals surface area contributed by atoms with Gasteiger partial charge >= 0.3 is 0 Å². The summed E-state index contributed by atoms with van der Waals surface area (Å²) in [5, 5.41) is 6.34. The SMILES string of the molecule is CCCCCOc1cccc(C(=O)Nc2sc3c(c2C(=O)NC)CC[C@@H](C)C3)c1. The maximum atomic E-state index is 12.9. The van der Waals surface area contributed by atoms with E-state index >= 15 is 0 Å². The Labute approximate surface area is 176 Å². The van der Waals surface area contributed by atoms with Crippen LogP contribution < -0.4 is 15.4 Å². The normalized spacial score (nSPS) is 15.5. The molecule has 1 aromatic heterocycles. The van der Waals surface area contributed by atoms with Crippen LogP contribution in [0.15, 0.2) is 24.3 Å². The summed E-state index contributed by atoms with van der Waals surface area (Å²) in [6.07, 6.45) is 6.18. The van der Waals surface area contributed by atoms with Crippen molar-refractivity contribution in [3.05, 3.63) is 45.8 Å². The van der Waals surface area contributed by atoms with E-state index in [1.165, 1.54) is 16.2 Å². The Balaban J connectivity index is 1.78. The first kappa shape index (κ1) is 21.4. The first-order valence-electron chi connectivity index (χ1n) is 10.4. The molecule has 0 radical (unpaired) electrons. The van der Waals surface area contributed by atoms with Gasteiger partial charge in [0, 0.05) is 17.5 Å². The second kappa shape index (κ2) is 9.92. The lowest BCUT2D eigenvalue weighted by Crippen LogP contribution is -2.22. The van der Waals surface area contributed by atoms with Gasteiger partial charge in [0.15, 0.2) is 0 Å². The maximum absolute atomic E-state index is 12.9. The minimum Gasteiger partial charge on any atom is -0.494 e. The van der Waals surface area contributed by atoms with Gasteiger partial charge < -0.3 is 15.4 Å². The van der Waals surface area contributed by atoms with E-state index in [2.05, 4.69) is 24.5 Å². The molecule has 1 aromatic carbocycles. The number of amides is 2. The molecule has 0 spiro atoms. The molecule has 1 heterocycles. The van der Waals surface area contributed by atoms with E-state index in [-0.39, 0.29) is 11.8 Å². The van der Waals surface area contributed by atoms with Crippen LogP contribution in [0.4, 0.5) is 5.00 Å². The third-order valence-electron chi connectivity index (χ3n) is 5.31. The number of unbranched alkanes of at least 4 members (excludes halogenated alkanes) is 2. The standard InChI is InChI=1S/C23H30N2O3S/c1-4-5-6-12-28-17-9-7-8-16(14-17)21(26)25-23-20(22(27)24-3)18-11-10-15(2)13-19(18)29-23/h7-9,14-15H,4-6,10-13H2,1-3H3,(H,24,27)(H,25,26)/t15-/m1/s1. The highest BCUT2D eigenvalue weighted by molar-refractivity contribution is 7.17. The minimum absolute atomic E-state index is 0.139. The summed E-state index contributed by atoms with van der Waals surface area (Å²) in [6.45, 7) is 5.03. The molecule has 2 N–H and O–H groups in total. The predicted octanol–water partition coefficient (Wildman–Crippen LogP) is 5.05. The predicted molar refractivity (Wildman–Crippen MR) is 118 cm³/mol. The second-order valence-electron chi connectivity index (χ2n) is 7.67. The van der Waals surface area contributed by atoms with Crippen LogP contribution in [0.25, 0.3) is 0 Å². The highest BCUT2D eigenvalue weighted by Gasteiger charge is 2.28. The number of rotatable bonds is 8. The third-order valence-corrected chi connectivity index (χ3v) is 6.48. The number of fused-ring (bicyclic) bond motifs is 1. The molecular formula is C23H30N2O3S. The van der Waals surface area contributed by atoms with Crippen LogP contribution >= 0.6 is 11.3 Å². The zero-order valence-corrected chi connectivity index (χ0v) is 18.3. The fraction of sp³-hybridized carbons (Fsp3) is 0.478. The molecule has 0 fully saturated rings. The number of hydrogen-bond acceptors (Lipinski definition) is 4. The van der Waals surface area contributed by atoms with Gasteiger partial charge in [0.1, 0.15) is 10.8 Å². The quantitative estimate of drug-likeness (QED) is 0.594. The number of carbonyl (C=O) groups is 2. The van der Waals surface area contributed by atoms with Crippen LogP contribution in [-0.4, -0.2) is 25.5 Å². The van der Waals surface area contributed by atoms with Gasteiger partial charge in [-0.15, -0.1) is 11.3 Å². The molecule has 0 unspecified atom stereocenters. The fourth-order valence-electron chi connectivity index (χ4n) is 3.65. The summed E-state index contributed by atoms with van der Waals surface area (Å²) < 4.78 is 5.77. The highest BCUT2D eigenvalue weighted by atomic mass is 32.1. The van der Waals surface area contributed by atoms with Crippen LogP contribution in [0.3, 0.4) is 0 Å².